The largest absolute Gasteiger partial charge is 0.366 e. The number of hydrogen-bond acceptors (Lipinski definition) is 3. The zero-order valence-electron chi connectivity index (χ0n) is 16.8. The first-order chi connectivity index (χ1) is 14.4. The van der Waals surface area contributed by atoms with Crippen LogP contribution in [0.1, 0.15) is 27.3 Å². The van der Waals surface area contributed by atoms with Gasteiger partial charge in [0.1, 0.15) is 0 Å². The molecule has 2 N–H and O–H groups in total. The lowest BCUT2D eigenvalue weighted by atomic mass is 9.95. The van der Waals surface area contributed by atoms with Crippen LogP contribution in [0.15, 0.2) is 66.9 Å². The van der Waals surface area contributed by atoms with Crippen molar-refractivity contribution in [3.05, 3.63) is 94.4 Å². The van der Waals surface area contributed by atoms with Crippen molar-refractivity contribution in [2.45, 2.75) is 20.4 Å². The number of pyridine rings is 1. The van der Waals surface area contributed by atoms with Crippen LogP contribution in [0.3, 0.4) is 0 Å². The molecule has 2 aromatic heterocycles. The summed E-state index contributed by atoms with van der Waals surface area (Å²) in [6.45, 7) is 4.58. The Bertz CT molecular complexity index is 1230. The van der Waals surface area contributed by atoms with Gasteiger partial charge in [0, 0.05) is 28.0 Å². The van der Waals surface area contributed by atoms with Crippen LogP contribution in [0.5, 0.6) is 0 Å². The molecule has 0 radical (unpaired) electrons. The van der Waals surface area contributed by atoms with E-state index >= 15 is 0 Å². The van der Waals surface area contributed by atoms with Crippen LogP contribution in [0.2, 0.25) is 5.02 Å². The molecule has 0 spiro atoms. The summed E-state index contributed by atoms with van der Waals surface area (Å²) < 4.78 is 1.95. The Labute approximate surface area is 180 Å². The fraction of sp³-hybridized carbons (Fsp3) is 0.125. The predicted molar refractivity (Wildman–Crippen MR) is 119 cm³/mol. The number of nitrogens with two attached hydrogens (primary N) is 1. The topological polar surface area (TPSA) is 73.8 Å². The molecule has 150 valence electrons. The first-order valence-corrected chi connectivity index (χ1v) is 9.95. The van der Waals surface area contributed by atoms with E-state index in [2.05, 4.69) is 10.1 Å². The van der Waals surface area contributed by atoms with E-state index in [1.165, 1.54) is 0 Å². The van der Waals surface area contributed by atoms with Gasteiger partial charge in [-0.2, -0.15) is 5.10 Å². The summed E-state index contributed by atoms with van der Waals surface area (Å²) in [5.74, 6) is -0.465. The quantitative estimate of drug-likeness (QED) is 0.495. The molecule has 30 heavy (non-hydrogen) atoms. The second-order valence-corrected chi connectivity index (χ2v) is 7.64. The van der Waals surface area contributed by atoms with Gasteiger partial charge in [0.2, 0.25) is 5.91 Å². The lowest BCUT2D eigenvalue weighted by Gasteiger charge is -2.14. The van der Waals surface area contributed by atoms with E-state index in [-0.39, 0.29) is 0 Å². The summed E-state index contributed by atoms with van der Waals surface area (Å²) in [7, 11) is 0. The highest BCUT2D eigenvalue weighted by Gasteiger charge is 2.14. The van der Waals surface area contributed by atoms with E-state index < -0.39 is 5.91 Å². The fourth-order valence-corrected chi connectivity index (χ4v) is 3.76. The van der Waals surface area contributed by atoms with Gasteiger partial charge in [0.15, 0.2) is 0 Å². The second kappa shape index (κ2) is 8.13. The molecule has 0 aliphatic rings. The number of rotatable bonds is 5. The highest BCUT2D eigenvalue weighted by atomic mass is 35.5. The number of carbonyl (C=O) groups excluding carboxylic acids is 1. The molecule has 0 aliphatic carbocycles. The molecule has 5 nitrogen and oxygen atoms in total. The normalized spacial score (nSPS) is 10.9. The smallest absolute Gasteiger partial charge is 0.248 e. The van der Waals surface area contributed by atoms with E-state index in [0.29, 0.717) is 17.1 Å². The number of halogens is 1. The average molecular weight is 417 g/mol. The molecule has 0 unspecified atom stereocenters. The molecular weight excluding hydrogens is 396 g/mol. The summed E-state index contributed by atoms with van der Waals surface area (Å²) in [6.07, 6.45) is 1.74. The molecule has 2 heterocycles. The minimum absolute atomic E-state index is 0.455. The van der Waals surface area contributed by atoms with E-state index in [1.807, 2.05) is 73.1 Å². The molecule has 0 bridgehead atoms. The van der Waals surface area contributed by atoms with Crippen molar-refractivity contribution in [1.29, 1.82) is 0 Å². The molecule has 4 aromatic rings. The summed E-state index contributed by atoms with van der Waals surface area (Å²) in [4.78, 5) is 16.2. The third kappa shape index (κ3) is 3.98. The Morgan fingerprint density at radius 2 is 1.87 bits per heavy atom. The van der Waals surface area contributed by atoms with Gasteiger partial charge in [-0.1, -0.05) is 29.8 Å². The number of nitrogens with zero attached hydrogens (tertiary/aromatic N) is 3. The maximum absolute atomic E-state index is 11.8. The Balaban J connectivity index is 1.85. The summed E-state index contributed by atoms with van der Waals surface area (Å²) >= 11 is 6.46. The molecule has 2 aromatic carbocycles. The van der Waals surface area contributed by atoms with E-state index in [4.69, 9.17) is 17.3 Å². The monoisotopic (exact) mass is 416 g/mol. The van der Waals surface area contributed by atoms with Gasteiger partial charge in [-0.05, 0) is 73.0 Å². The molecule has 6 heteroatoms. The molecule has 0 aliphatic heterocycles. The Morgan fingerprint density at radius 1 is 1.03 bits per heavy atom. The van der Waals surface area contributed by atoms with Gasteiger partial charge in [-0.3, -0.25) is 14.5 Å². The Hall–Kier alpha value is -3.44. The van der Waals surface area contributed by atoms with Crippen LogP contribution in [0.4, 0.5) is 0 Å². The van der Waals surface area contributed by atoms with Crippen molar-refractivity contribution in [2.24, 2.45) is 5.73 Å². The lowest BCUT2D eigenvalue weighted by Crippen LogP contribution is -2.12. The zero-order chi connectivity index (χ0) is 21.3. The van der Waals surface area contributed by atoms with Crippen molar-refractivity contribution in [3.63, 3.8) is 0 Å². The number of benzene rings is 2. The van der Waals surface area contributed by atoms with Crippen LogP contribution < -0.4 is 5.73 Å². The predicted octanol–water partition coefficient (Wildman–Crippen LogP) is 5.03. The molecule has 4 rings (SSSR count). The SMILES string of the molecule is Cc1cc(C)n(Cc2ccc(C(N)=O)cc2-c2ccc(Cl)c(-c3ccccn3)c2)n1. The van der Waals surface area contributed by atoms with Crippen LogP contribution in [0.25, 0.3) is 22.4 Å². The number of hydrogen-bond donors (Lipinski definition) is 1. The number of amides is 1. The van der Waals surface area contributed by atoms with Crippen LogP contribution in [-0.4, -0.2) is 20.7 Å². The third-order valence-electron chi connectivity index (χ3n) is 5.04. The Morgan fingerprint density at radius 3 is 2.53 bits per heavy atom. The van der Waals surface area contributed by atoms with Gasteiger partial charge in [-0.15, -0.1) is 0 Å². The minimum Gasteiger partial charge on any atom is -0.366 e. The second-order valence-electron chi connectivity index (χ2n) is 7.23. The Kier molecular flexibility index (Phi) is 5.38. The highest BCUT2D eigenvalue weighted by molar-refractivity contribution is 6.33. The van der Waals surface area contributed by atoms with Gasteiger partial charge < -0.3 is 5.73 Å². The van der Waals surface area contributed by atoms with Gasteiger partial charge >= 0.3 is 0 Å². The summed E-state index contributed by atoms with van der Waals surface area (Å²) in [5.41, 5.74) is 12.5. The third-order valence-corrected chi connectivity index (χ3v) is 5.37. The number of aryl methyl sites for hydroxylation is 2. The van der Waals surface area contributed by atoms with Crippen LogP contribution in [-0.2, 0) is 6.54 Å². The fourth-order valence-electron chi connectivity index (χ4n) is 3.54. The standard InChI is InChI=1S/C24H21ClN4O/c1-15-11-16(2)29(28-15)14-19-7-6-18(24(26)30)13-20(19)17-8-9-22(25)21(12-17)23-5-3-4-10-27-23/h3-13H,14H2,1-2H3,(H2,26,30). The molecular formula is C24H21ClN4O. The minimum atomic E-state index is -0.465. The van der Waals surface area contributed by atoms with Crippen molar-refractivity contribution in [1.82, 2.24) is 14.8 Å². The number of aromatic nitrogens is 3. The van der Waals surface area contributed by atoms with Crippen LogP contribution >= 0.6 is 11.6 Å². The summed E-state index contributed by atoms with van der Waals surface area (Å²) in [5, 5.41) is 5.19. The van der Waals surface area contributed by atoms with Crippen molar-refractivity contribution in [3.8, 4) is 22.4 Å². The lowest BCUT2D eigenvalue weighted by molar-refractivity contribution is 0.100. The molecule has 1 amide bonds. The molecule has 0 atom stereocenters. The van der Waals surface area contributed by atoms with E-state index in [0.717, 1.165) is 39.3 Å². The van der Waals surface area contributed by atoms with Crippen molar-refractivity contribution >= 4 is 17.5 Å². The van der Waals surface area contributed by atoms with Crippen LogP contribution in [0, 0.1) is 13.8 Å². The maximum Gasteiger partial charge on any atom is 0.248 e. The zero-order valence-corrected chi connectivity index (χ0v) is 17.5. The highest BCUT2D eigenvalue weighted by Crippen LogP contribution is 2.33. The van der Waals surface area contributed by atoms with E-state index in [9.17, 15) is 4.79 Å². The number of primary amides is 1. The van der Waals surface area contributed by atoms with E-state index in [1.54, 1.807) is 12.3 Å². The van der Waals surface area contributed by atoms with Gasteiger partial charge in [0.25, 0.3) is 0 Å². The maximum atomic E-state index is 11.8. The molecule has 0 saturated heterocycles. The first kappa shape index (κ1) is 19.9. The van der Waals surface area contributed by atoms with Gasteiger partial charge in [0.05, 0.1) is 17.9 Å². The van der Waals surface area contributed by atoms with Crippen molar-refractivity contribution < 1.29 is 4.79 Å². The summed E-state index contributed by atoms with van der Waals surface area (Å²) in [6, 6.07) is 19.1. The van der Waals surface area contributed by atoms with Gasteiger partial charge in [-0.25, -0.2) is 0 Å². The first-order valence-electron chi connectivity index (χ1n) is 9.57. The molecule has 0 saturated carbocycles. The van der Waals surface area contributed by atoms with Crippen molar-refractivity contribution in [2.75, 3.05) is 0 Å². The molecule has 0 fully saturated rings. The number of carbonyl (C=O) groups is 1. The average Bonchev–Trinajstić information content (AvgIpc) is 3.06.